The van der Waals surface area contributed by atoms with Gasteiger partial charge in [0.1, 0.15) is 5.82 Å². The molecule has 0 radical (unpaired) electrons. The van der Waals surface area contributed by atoms with Gasteiger partial charge in [0.15, 0.2) is 0 Å². The smallest absolute Gasteiger partial charge is 0.317 e. The van der Waals surface area contributed by atoms with Crippen LogP contribution in [0.25, 0.3) is 0 Å². The van der Waals surface area contributed by atoms with E-state index in [-0.39, 0.29) is 17.8 Å². The first-order valence-corrected chi connectivity index (χ1v) is 8.35. The van der Waals surface area contributed by atoms with Crippen molar-refractivity contribution < 1.29 is 14.0 Å². The summed E-state index contributed by atoms with van der Waals surface area (Å²) < 4.78 is 13.5. The standard InChI is InChI=1S/C17H25FN4O2/c1-2-19-16(23)13-21-9-11-22(12-10-21)17(24)20-8-7-14-5-3-4-6-15(14)18/h3-6H,2,7-13H2,1H3,(H,19,23)(H,20,24). The van der Waals surface area contributed by atoms with Crippen LogP contribution in [0.4, 0.5) is 9.18 Å². The van der Waals surface area contributed by atoms with Crippen molar-refractivity contribution in [3.8, 4) is 0 Å². The first-order valence-electron chi connectivity index (χ1n) is 8.35. The SMILES string of the molecule is CCNC(=O)CN1CCN(C(=O)NCCc2ccccc2F)CC1. The van der Waals surface area contributed by atoms with Crippen LogP contribution in [0, 0.1) is 5.82 Å². The zero-order chi connectivity index (χ0) is 17.4. The van der Waals surface area contributed by atoms with Crippen molar-refractivity contribution in [1.29, 1.82) is 0 Å². The van der Waals surface area contributed by atoms with Gasteiger partial charge >= 0.3 is 6.03 Å². The number of halogens is 1. The average molecular weight is 336 g/mol. The quantitative estimate of drug-likeness (QED) is 0.809. The van der Waals surface area contributed by atoms with E-state index >= 15 is 0 Å². The molecule has 2 N–H and O–H groups in total. The van der Waals surface area contributed by atoms with Gasteiger partial charge in [-0.1, -0.05) is 18.2 Å². The predicted octanol–water partition coefficient (Wildman–Crippen LogP) is 0.832. The van der Waals surface area contributed by atoms with Crippen LogP contribution in [0.5, 0.6) is 0 Å². The molecule has 1 heterocycles. The predicted molar refractivity (Wildman–Crippen MR) is 90.2 cm³/mol. The molecule has 1 aromatic carbocycles. The fourth-order valence-corrected chi connectivity index (χ4v) is 2.68. The van der Waals surface area contributed by atoms with E-state index < -0.39 is 0 Å². The number of hydrogen-bond donors (Lipinski definition) is 2. The molecule has 1 aliphatic rings. The summed E-state index contributed by atoms with van der Waals surface area (Å²) in [5.74, 6) is -0.231. The van der Waals surface area contributed by atoms with Crippen LogP contribution in [0.15, 0.2) is 24.3 Å². The Labute approximate surface area is 142 Å². The van der Waals surface area contributed by atoms with Gasteiger partial charge < -0.3 is 15.5 Å². The lowest BCUT2D eigenvalue weighted by Crippen LogP contribution is -2.53. The summed E-state index contributed by atoms with van der Waals surface area (Å²) in [5.41, 5.74) is 0.601. The van der Waals surface area contributed by atoms with Crippen LogP contribution in [0.2, 0.25) is 0 Å². The first-order chi connectivity index (χ1) is 11.6. The highest BCUT2D eigenvalue weighted by Crippen LogP contribution is 2.06. The van der Waals surface area contributed by atoms with Gasteiger partial charge in [0.05, 0.1) is 6.54 Å². The highest BCUT2D eigenvalue weighted by atomic mass is 19.1. The minimum atomic E-state index is -0.245. The molecule has 3 amide bonds. The van der Waals surface area contributed by atoms with Crippen LogP contribution >= 0.6 is 0 Å². The van der Waals surface area contributed by atoms with Gasteiger partial charge in [-0.15, -0.1) is 0 Å². The van der Waals surface area contributed by atoms with Crippen LogP contribution < -0.4 is 10.6 Å². The fraction of sp³-hybridized carbons (Fsp3) is 0.529. The second-order valence-electron chi connectivity index (χ2n) is 5.79. The van der Waals surface area contributed by atoms with Crippen LogP contribution in [0.3, 0.4) is 0 Å². The number of carbonyl (C=O) groups is 2. The topological polar surface area (TPSA) is 64.7 Å². The monoisotopic (exact) mass is 336 g/mol. The first kappa shape index (κ1) is 18.2. The summed E-state index contributed by atoms with van der Waals surface area (Å²) in [4.78, 5) is 27.4. The molecular formula is C17H25FN4O2. The van der Waals surface area contributed by atoms with E-state index in [1.165, 1.54) is 6.07 Å². The number of hydrogen-bond acceptors (Lipinski definition) is 3. The number of nitrogens with zero attached hydrogens (tertiary/aromatic N) is 2. The summed E-state index contributed by atoms with van der Waals surface area (Å²) >= 11 is 0. The van der Waals surface area contributed by atoms with E-state index in [2.05, 4.69) is 10.6 Å². The molecule has 1 aliphatic heterocycles. The molecule has 1 fully saturated rings. The Hall–Kier alpha value is -2.15. The number of carbonyl (C=O) groups excluding carboxylic acids is 2. The number of likely N-dealkylation sites (N-methyl/N-ethyl adjacent to an activating group) is 1. The Morgan fingerprint density at radius 1 is 1.12 bits per heavy atom. The fourth-order valence-electron chi connectivity index (χ4n) is 2.68. The third-order valence-electron chi connectivity index (χ3n) is 4.03. The van der Waals surface area contributed by atoms with Crippen molar-refractivity contribution >= 4 is 11.9 Å². The molecule has 132 valence electrons. The summed E-state index contributed by atoms with van der Waals surface area (Å²) in [5, 5.41) is 5.60. The average Bonchev–Trinajstić information content (AvgIpc) is 2.57. The number of urea groups is 1. The van der Waals surface area contributed by atoms with E-state index in [0.29, 0.717) is 57.8 Å². The van der Waals surface area contributed by atoms with Gasteiger partial charge in [-0.25, -0.2) is 9.18 Å². The maximum Gasteiger partial charge on any atom is 0.317 e. The second kappa shape index (κ2) is 9.22. The Morgan fingerprint density at radius 3 is 2.50 bits per heavy atom. The lowest BCUT2D eigenvalue weighted by molar-refractivity contribution is -0.122. The van der Waals surface area contributed by atoms with Crippen LogP contribution in [-0.2, 0) is 11.2 Å². The minimum absolute atomic E-state index is 0.0142. The Bertz CT molecular complexity index is 559. The maximum absolute atomic E-state index is 13.5. The molecule has 0 unspecified atom stereocenters. The molecule has 1 aromatic rings. The van der Waals surface area contributed by atoms with E-state index in [0.717, 1.165) is 0 Å². The zero-order valence-corrected chi connectivity index (χ0v) is 14.1. The van der Waals surface area contributed by atoms with Gasteiger partial charge in [0, 0.05) is 39.3 Å². The van der Waals surface area contributed by atoms with Crippen molar-refractivity contribution in [3.63, 3.8) is 0 Å². The molecule has 6 nitrogen and oxygen atoms in total. The lowest BCUT2D eigenvalue weighted by atomic mass is 10.1. The molecule has 2 rings (SSSR count). The van der Waals surface area contributed by atoms with Crippen molar-refractivity contribution in [2.75, 3.05) is 45.8 Å². The summed E-state index contributed by atoms with van der Waals surface area (Å²) in [6.45, 7) is 5.83. The van der Waals surface area contributed by atoms with Gasteiger partial charge in [0.2, 0.25) is 5.91 Å². The Kier molecular flexibility index (Phi) is 6.99. The van der Waals surface area contributed by atoms with Crippen LogP contribution in [-0.4, -0.2) is 67.6 Å². The van der Waals surface area contributed by atoms with E-state index in [1.54, 1.807) is 23.1 Å². The lowest BCUT2D eigenvalue weighted by Gasteiger charge is -2.34. The van der Waals surface area contributed by atoms with Gasteiger partial charge in [-0.05, 0) is 25.0 Å². The van der Waals surface area contributed by atoms with E-state index in [1.807, 2.05) is 11.8 Å². The normalized spacial score (nSPS) is 15.2. The molecule has 0 saturated carbocycles. The van der Waals surface area contributed by atoms with Gasteiger partial charge in [-0.2, -0.15) is 0 Å². The number of amides is 3. The molecule has 0 atom stereocenters. The van der Waals surface area contributed by atoms with Crippen LogP contribution in [0.1, 0.15) is 12.5 Å². The summed E-state index contributed by atoms with van der Waals surface area (Å²) in [6.07, 6.45) is 0.468. The molecule has 0 aromatic heterocycles. The number of rotatable bonds is 6. The Balaban J connectivity index is 1.67. The van der Waals surface area contributed by atoms with Crippen molar-refractivity contribution in [2.45, 2.75) is 13.3 Å². The molecule has 0 aliphatic carbocycles. The second-order valence-corrected chi connectivity index (χ2v) is 5.79. The van der Waals surface area contributed by atoms with Crippen molar-refractivity contribution in [3.05, 3.63) is 35.6 Å². The highest BCUT2D eigenvalue weighted by molar-refractivity contribution is 5.78. The highest BCUT2D eigenvalue weighted by Gasteiger charge is 2.21. The molecular weight excluding hydrogens is 311 g/mol. The minimum Gasteiger partial charge on any atom is -0.355 e. The molecule has 1 saturated heterocycles. The third kappa shape index (κ3) is 5.49. The van der Waals surface area contributed by atoms with Crippen molar-refractivity contribution in [2.24, 2.45) is 0 Å². The summed E-state index contributed by atoms with van der Waals surface area (Å²) in [7, 11) is 0. The van der Waals surface area contributed by atoms with Gasteiger partial charge in [-0.3, -0.25) is 9.69 Å². The molecule has 7 heteroatoms. The number of benzene rings is 1. The van der Waals surface area contributed by atoms with Crippen molar-refractivity contribution in [1.82, 2.24) is 20.4 Å². The Morgan fingerprint density at radius 2 is 1.83 bits per heavy atom. The maximum atomic E-state index is 13.5. The molecule has 0 bridgehead atoms. The molecule has 24 heavy (non-hydrogen) atoms. The van der Waals surface area contributed by atoms with E-state index in [4.69, 9.17) is 0 Å². The largest absolute Gasteiger partial charge is 0.355 e. The number of nitrogens with one attached hydrogen (secondary N) is 2. The molecule has 0 spiro atoms. The number of piperazine rings is 1. The summed E-state index contributed by atoms with van der Waals surface area (Å²) in [6, 6.07) is 6.45. The third-order valence-corrected chi connectivity index (χ3v) is 4.03. The van der Waals surface area contributed by atoms with Gasteiger partial charge in [0.25, 0.3) is 0 Å². The van der Waals surface area contributed by atoms with E-state index in [9.17, 15) is 14.0 Å². The zero-order valence-electron chi connectivity index (χ0n) is 14.1.